The highest BCUT2D eigenvalue weighted by Gasteiger charge is 2.41. The molecule has 0 aliphatic carbocycles. The van der Waals surface area contributed by atoms with Crippen molar-refractivity contribution >= 4 is 11.9 Å². The van der Waals surface area contributed by atoms with Gasteiger partial charge in [-0.3, -0.25) is 19.1 Å². The summed E-state index contributed by atoms with van der Waals surface area (Å²) in [6.45, 7) is 7.61. The maximum Gasteiger partial charge on any atom is 0.313 e. The van der Waals surface area contributed by atoms with Gasteiger partial charge in [-0.1, -0.05) is 74.5 Å². The molecule has 0 bridgehead atoms. The van der Waals surface area contributed by atoms with Gasteiger partial charge in [0.1, 0.15) is 0 Å². The van der Waals surface area contributed by atoms with Crippen LogP contribution in [-0.2, 0) is 4.79 Å². The second-order valence-corrected chi connectivity index (χ2v) is 9.12. The molecule has 0 unspecified atom stereocenters. The fraction of sp³-hybridized carbons (Fsp3) is 0.333. The molecule has 0 N–H and O–H groups in total. The number of esters is 1. The van der Waals surface area contributed by atoms with Gasteiger partial charge < -0.3 is 9.64 Å². The van der Waals surface area contributed by atoms with E-state index in [0.717, 1.165) is 17.3 Å². The third-order valence-electron chi connectivity index (χ3n) is 6.13. The molecule has 176 valence electrons. The largest absolute Gasteiger partial charge is 0.420 e. The molecule has 1 aromatic heterocycles. The Morgan fingerprint density at radius 2 is 1.50 bits per heavy atom. The lowest BCUT2D eigenvalue weighted by molar-refractivity contribution is -0.137. The van der Waals surface area contributed by atoms with E-state index in [0.29, 0.717) is 6.54 Å². The maximum absolute atomic E-state index is 13.6. The summed E-state index contributed by atoms with van der Waals surface area (Å²) < 4.78 is 7.06. The van der Waals surface area contributed by atoms with Crippen molar-refractivity contribution in [1.29, 1.82) is 0 Å². The number of carbonyl (C=O) groups is 2. The molecule has 1 amide bonds. The number of ether oxygens (including phenoxy) is 1. The zero-order valence-electron chi connectivity index (χ0n) is 19.8. The number of hydrogen-bond donors (Lipinski definition) is 0. The van der Waals surface area contributed by atoms with Gasteiger partial charge in [0, 0.05) is 18.5 Å². The molecule has 1 atom stereocenters. The highest BCUT2D eigenvalue weighted by molar-refractivity contribution is 5.97. The van der Waals surface area contributed by atoms with E-state index in [1.165, 1.54) is 0 Å². The van der Waals surface area contributed by atoms with Crippen LogP contribution in [0.5, 0.6) is 5.75 Å². The number of fused-ring (bicyclic) bond motifs is 1. The Morgan fingerprint density at radius 1 is 0.941 bits per heavy atom. The van der Waals surface area contributed by atoms with Gasteiger partial charge in [0.15, 0.2) is 5.69 Å². The van der Waals surface area contributed by atoms with E-state index in [-0.39, 0.29) is 35.4 Å². The van der Waals surface area contributed by atoms with Crippen LogP contribution in [0, 0.1) is 5.92 Å². The molecule has 2 heterocycles. The van der Waals surface area contributed by atoms with Crippen molar-refractivity contribution in [2.24, 2.45) is 5.92 Å². The molecule has 1 aliphatic heterocycles. The summed E-state index contributed by atoms with van der Waals surface area (Å²) in [6, 6.07) is 19.6. The van der Waals surface area contributed by atoms with Crippen molar-refractivity contribution in [3.63, 3.8) is 0 Å². The lowest BCUT2D eigenvalue weighted by Crippen LogP contribution is -2.50. The first-order valence-electron chi connectivity index (χ1n) is 11.5. The summed E-state index contributed by atoms with van der Waals surface area (Å²) in [5.41, 5.74) is 1.55. The summed E-state index contributed by atoms with van der Waals surface area (Å²) in [7, 11) is 0. The highest BCUT2D eigenvalue weighted by atomic mass is 16.5. The number of nitrogens with zero attached hydrogens (tertiary/aromatic N) is 3. The number of amides is 1. The number of benzene rings is 2. The molecule has 34 heavy (non-hydrogen) atoms. The van der Waals surface area contributed by atoms with Crippen LogP contribution in [0.2, 0.25) is 0 Å². The van der Waals surface area contributed by atoms with E-state index in [2.05, 4.69) is 29.4 Å². The fourth-order valence-electron chi connectivity index (χ4n) is 4.36. The monoisotopic (exact) mass is 459 g/mol. The van der Waals surface area contributed by atoms with Gasteiger partial charge in [-0.2, -0.15) is 5.10 Å². The van der Waals surface area contributed by atoms with E-state index >= 15 is 0 Å². The summed E-state index contributed by atoms with van der Waals surface area (Å²) >= 11 is 0. The minimum absolute atomic E-state index is 0.0170. The van der Waals surface area contributed by atoms with E-state index in [9.17, 15) is 14.4 Å². The molecule has 0 saturated heterocycles. The molecule has 7 nitrogen and oxygen atoms in total. The van der Waals surface area contributed by atoms with Crippen molar-refractivity contribution in [3.8, 4) is 5.75 Å². The third kappa shape index (κ3) is 4.38. The lowest BCUT2D eigenvalue weighted by Gasteiger charge is -2.41. The van der Waals surface area contributed by atoms with E-state index in [4.69, 9.17) is 4.74 Å². The molecule has 1 aliphatic rings. The zero-order valence-corrected chi connectivity index (χ0v) is 19.8. The number of carbonyl (C=O) groups excluding carboxylic acids is 2. The van der Waals surface area contributed by atoms with Crippen LogP contribution in [0.1, 0.15) is 61.3 Å². The second kappa shape index (κ2) is 9.63. The summed E-state index contributed by atoms with van der Waals surface area (Å²) in [5.74, 6) is -1.80. The van der Waals surface area contributed by atoms with Crippen molar-refractivity contribution in [1.82, 2.24) is 14.7 Å². The quantitative estimate of drug-likeness (QED) is 0.520. The Bertz CT molecular complexity index is 1200. The highest BCUT2D eigenvalue weighted by Crippen LogP contribution is 2.39. The van der Waals surface area contributed by atoms with Gasteiger partial charge in [0.2, 0.25) is 11.2 Å². The molecule has 2 aromatic carbocycles. The zero-order chi connectivity index (χ0) is 24.4. The smallest absolute Gasteiger partial charge is 0.313 e. The normalized spacial score (nSPS) is 15.7. The minimum atomic E-state index is -0.589. The fourth-order valence-corrected chi connectivity index (χ4v) is 4.36. The van der Waals surface area contributed by atoms with Gasteiger partial charge in [-0.25, -0.2) is 0 Å². The molecule has 0 spiro atoms. The standard InChI is InChI=1S/C27H29N3O4/c1-17(2)27(33)34-25-22(31)15-28-30-21(16-29(18(3)4)26(32)24(25)30)23(19-11-7-5-8-12-19)20-13-9-6-10-14-20/h5-15,17-18,21,23H,16H2,1-4H3/t21-/m1/s1. The summed E-state index contributed by atoms with van der Waals surface area (Å²) in [6.07, 6.45) is 1.13. The second-order valence-electron chi connectivity index (χ2n) is 9.12. The van der Waals surface area contributed by atoms with Crippen LogP contribution >= 0.6 is 0 Å². The van der Waals surface area contributed by atoms with Crippen molar-refractivity contribution in [2.45, 2.75) is 45.7 Å². The molecule has 7 heteroatoms. The molecule has 0 fully saturated rings. The maximum atomic E-state index is 13.6. The summed E-state index contributed by atoms with van der Waals surface area (Å²) in [5, 5.41) is 4.39. The average molecular weight is 460 g/mol. The van der Waals surface area contributed by atoms with Gasteiger partial charge in [0.05, 0.1) is 18.2 Å². The van der Waals surface area contributed by atoms with Crippen LogP contribution in [0.25, 0.3) is 0 Å². The third-order valence-corrected chi connectivity index (χ3v) is 6.13. The molecular formula is C27H29N3O4. The molecule has 4 rings (SSSR count). The van der Waals surface area contributed by atoms with Gasteiger partial charge in [-0.15, -0.1) is 0 Å². The predicted molar refractivity (Wildman–Crippen MR) is 129 cm³/mol. The van der Waals surface area contributed by atoms with Gasteiger partial charge in [0.25, 0.3) is 5.91 Å². The molecular weight excluding hydrogens is 430 g/mol. The number of hydrogen-bond acceptors (Lipinski definition) is 5. The van der Waals surface area contributed by atoms with Crippen LogP contribution in [0.15, 0.2) is 71.7 Å². The van der Waals surface area contributed by atoms with Crippen molar-refractivity contribution in [2.75, 3.05) is 6.54 Å². The van der Waals surface area contributed by atoms with E-state index in [1.807, 2.05) is 50.2 Å². The van der Waals surface area contributed by atoms with Crippen molar-refractivity contribution < 1.29 is 14.3 Å². The molecule has 0 radical (unpaired) electrons. The van der Waals surface area contributed by atoms with Crippen LogP contribution in [0.3, 0.4) is 0 Å². The average Bonchev–Trinajstić information content (AvgIpc) is 2.83. The van der Waals surface area contributed by atoms with Gasteiger partial charge >= 0.3 is 5.97 Å². The first-order chi connectivity index (χ1) is 16.3. The lowest BCUT2D eigenvalue weighted by atomic mass is 9.83. The van der Waals surface area contributed by atoms with Crippen LogP contribution < -0.4 is 10.2 Å². The topological polar surface area (TPSA) is 81.5 Å². The van der Waals surface area contributed by atoms with Crippen LogP contribution in [0.4, 0.5) is 0 Å². The SMILES string of the molecule is CC(C)C(=O)Oc1c2n(ncc1=O)[C@@H](C(c1ccccc1)c1ccccc1)CN(C(C)C)C2=O. The summed E-state index contributed by atoms with van der Waals surface area (Å²) in [4.78, 5) is 40.5. The Balaban J connectivity index is 1.95. The Morgan fingerprint density at radius 3 is 2.00 bits per heavy atom. The van der Waals surface area contributed by atoms with E-state index in [1.54, 1.807) is 23.4 Å². The van der Waals surface area contributed by atoms with Crippen molar-refractivity contribution in [3.05, 3.63) is 93.9 Å². The molecule has 3 aromatic rings. The first kappa shape index (κ1) is 23.4. The Labute approximate surface area is 199 Å². The number of aromatic nitrogens is 2. The van der Waals surface area contributed by atoms with E-state index < -0.39 is 17.3 Å². The Kier molecular flexibility index (Phi) is 6.63. The first-order valence-corrected chi connectivity index (χ1v) is 11.5. The minimum Gasteiger partial charge on any atom is -0.420 e. The van der Waals surface area contributed by atoms with Crippen LogP contribution in [-0.4, -0.2) is 39.1 Å². The van der Waals surface area contributed by atoms with Gasteiger partial charge in [-0.05, 0) is 25.0 Å². The predicted octanol–water partition coefficient (Wildman–Crippen LogP) is 4.04. The number of rotatable bonds is 6. The molecule has 0 saturated carbocycles. The Hall–Kier alpha value is -3.74.